The number of aromatic hydroxyl groups is 5. The second-order valence-electron chi connectivity index (χ2n) is 28.1. The average Bonchev–Trinajstić information content (AvgIpc) is 1.20. The van der Waals surface area contributed by atoms with E-state index in [4.69, 9.17) is 25.9 Å². The van der Waals surface area contributed by atoms with Crippen molar-refractivity contribution < 1.29 is 62.6 Å². The van der Waals surface area contributed by atoms with Gasteiger partial charge in [0.2, 0.25) is 28.8 Å². The fraction of sp³-hybridized carbons (Fsp3) is 0.488. The maximum absolute atomic E-state index is 13.2. The van der Waals surface area contributed by atoms with E-state index in [2.05, 4.69) is 76.4 Å². The van der Waals surface area contributed by atoms with Crippen LogP contribution >= 0.6 is 47.1 Å². The van der Waals surface area contributed by atoms with Crippen LogP contribution in [-0.2, 0) is 43.1 Å². The Bertz CT molecular complexity index is 4120. The first kappa shape index (κ1) is 94.2. The number of carbonyl (C=O) groups is 4. The van der Waals surface area contributed by atoms with Gasteiger partial charge in [0.15, 0.2) is 15.2 Å². The van der Waals surface area contributed by atoms with Gasteiger partial charge in [0.05, 0.1) is 55.7 Å². The van der Waals surface area contributed by atoms with Crippen LogP contribution in [0.2, 0.25) is 0 Å². The number of hydrogen-bond donors (Lipinski definition) is 12. The Labute approximate surface area is 683 Å². The molecule has 0 aliphatic carbocycles. The third-order valence-electron chi connectivity index (χ3n) is 18.6. The second-order valence-corrected chi connectivity index (χ2v) is 32.9. The van der Waals surface area contributed by atoms with Crippen LogP contribution in [0, 0.1) is 16.6 Å². The first-order valence-electron chi connectivity index (χ1n) is 39.7. The Morgan fingerprint density at radius 2 is 1.13 bits per heavy atom. The van der Waals surface area contributed by atoms with Crippen LogP contribution in [0.15, 0.2) is 141 Å². The van der Waals surface area contributed by atoms with Crippen molar-refractivity contribution in [1.29, 1.82) is 0 Å². The standard InChI is InChI=1S/C34H46N2O6S.C22H38O2.C16H19N3O4S3.C14H19N3OS/c1-4-6-7-8-9-10-11-12-13-33(34(38)36-35-27-14-18-29(19-15-27)40-26(3)5-2)41-30-22-24-32(25-23-30)43(39)42-31-20-16-28(37)17-21-31;1-3-5-7-9-10-12-14-19(13-11-8-6-4-2)17-20-18-21(23)15-16-22(20)24;1-8(24-3)15(23)19-10-5-12(21)13(6-11(10)20)26-16-18-9(7-25-16)4-14(22)17-2;1-3-4-5-9(2)13(18)15-10-6-7-11-12(8-10)17-14(19)16-11/h14-26,33,35,37H,4-13H2,1-3H3,(H,36,38);15-16,18-19,23-24H,3-14,17H2,1-2H3;5-8,20-21H,4H2,1-3H3,(H,17,22)(H,19,23);6-9H,3-5H2,1-2H3,(H,15,18)(H2,16,17,19). The topological polar surface area (TPSA) is 319 Å². The molecule has 112 heavy (non-hydrogen) atoms. The summed E-state index contributed by atoms with van der Waals surface area (Å²) in [6.45, 7) is 16.7. The molecule has 0 bridgehead atoms. The number of imidazole rings is 1. The van der Waals surface area contributed by atoms with Crippen LogP contribution in [0.5, 0.6) is 46.0 Å². The van der Waals surface area contributed by atoms with Crippen molar-refractivity contribution in [2.24, 2.45) is 11.8 Å². The summed E-state index contributed by atoms with van der Waals surface area (Å²) < 4.78 is 31.3. The molecule has 0 saturated heterocycles. The first-order valence-corrected chi connectivity index (χ1v) is 44.2. The predicted octanol–water partition coefficient (Wildman–Crippen LogP) is 21.7. The zero-order chi connectivity index (χ0) is 81.6. The normalized spacial score (nSPS) is 12.5. The number of ether oxygens (including phenoxy) is 2. The van der Waals surface area contributed by atoms with Gasteiger partial charge in [0.25, 0.3) is 5.91 Å². The molecule has 4 amide bonds. The molecule has 26 heteroatoms. The van der Waals surface area contributed by atoms with E-state index in [9.17, 15) is 48.9 Å². The number of phenolic OH excluding ortho intramolecular Hbond substituents is 5. The van der Waals surface area contributed by atoms with Gasteiger partial charge in [-0.15, -0.1) is 11.3 Å². The summed E-state index contributed by atoms with van der Waals surface area (Å²) in [5, 5.41) is 59.1. The summed E-state index contributed by atoms with van der Waals surface area (Å²) in [4.78, 5) is 59.8. The Morgan fingerprint density at radius 3 is 1.75 bits per heavy atom. The Balaban J connectivity index is 0.000000281. The van der Waals surface area contributed by atoms with Gasteiger partial charge in [-0.3, -0.25) is 30.0 Å². The number of thioether (sulfide) groups is 1. The number of nitrogens with zero attached hydrogens (tertiary/aromatic N) is 1. The predicted molar refractivity (Wildman–Crippen MR) is 462 cm³/mol. The molecule has 6 aromatic carbocycles. The number of anilines is 3. The van der Waals surface area contributed by atoms with E-state index >= 15 is 0 Å². The molecule has 0 radical (unpaired) electrons. The molecule has 2 aromatic heterocycles. The molecule has 8 aromatic rings. The van der Waals surface area contributed by atoms with E-state index in [1.54, 1.807) is 73.9 Å². The molecular weight excluding hydrogens is 1510 g/mol. The number of nitrogens with one attached hydrogen (secondary N) is 7. The highest BCUT2D eigenvalue weighted by Gasteiger charge is 2.23. The third kappa shape index (κ3) is 36.6. The number of aromatic nitrogens is 3. The summed E-state index contributed by atoms with van der Waals surface area (Å²) in [6, 6.07) is 33.4. The van der Waals surface area contributed by atoms with Crippen molar-refractivity contribution in [2.45, 2.75) is 260 Å². The Hall–Kier alpha value is -8.43. The van der Waals surface area contributed by atoms with Gasteiger partial charge >= 0.3 is 0 Å². The van der Waals surface area contributed by atoms with Crippen LogP contribution in [-0.4, -0.2) is 99.1 Å². The molecule has 21 nitrogen and oxygen atoms in total. The fourth-order valence-corrected chi connectivity index (χ4v) is 14.7. The maximum Gasteiger partial charge on any atom is 0.279 e. The largest absolute Gasteiger partial charge is 0.508 e. The number of thiazole rings is 1. The summed E-state index contributed by atoms with van der Waals surface area (Å²) in [7, 11) is 1.56. The number of benzene rings is 6. The number of hydrogen-bond acceptors (Lipinski definition) is 19. The van der Waals surface area contributed by atoms with Gasteiger partial charge in [-0.2, -0.15) is 11.8 Å². The highest BCUT2D eigenvalue weighted by Crippen LogP contribution is 2.42. The number of rotatable bonds is 46. The minimum atomic E-state index is -1.75. The molecular formula is C86H122N8O13S5. The Morgan fingerprint density at radius 1 is 0.571 bits per heavy atom. The molecule has 12 N–H and O–H groups in total. The van der Waals surface area contributed by atoms with Crippen molar-refractivity contribution in [3.8, 4) is 46.0 Å². The molecule has 0 spiro atoms. The number of amides is 4. The maximum atomic E-state index is 13.2. The summed E-state index contributed by atoms with van der Waals surface area (Å²) >= 11 is 7.18. The van der Waals surface area contributed by atoms with E-state index in [1.165, 1.54) is 168 Å². The number of H-pyrrole nitrogens is 2. The van der Waals surface area contributed by atoms with Crippen molar-refractivity contribution in [2.75, 3.05) is 29.4 Å². The van der Waals surface area contributed by atoms with Crippen LogP contribution in [0.1, 0.15) is 227 Å². The average molecular weight is 1640 g/mol. The molecule has 0 aliphatic rings. The molecule has 6 atom stereocenters. The van der Waals surface area contributed by atoms with Crippen molar-refractivity contribution in [3.05, 3.63) is 143 Å². The summed E-state index contributed by atoms with van der Waals surface area (Å²) in [5.74, 6) is 2.19. The van der Waals surface area contributed by atoms with Crippen molar-refractivity contribution in [3.63, 3.8) is 0 Å². The van der Waals surface area contributed by atoms with Gasteiger partial charge in [0, 0.05) is 30.1 Å². The molecule has 614 valence electrons. The number of likely N-dealkylation sites (N-methyl/N-ethyl adjacent to an activating group) is 1. The lowest BCUT2D eigenvalue weighted by molar-refractivity contribution is -0.128. The Kier molecular flexibility index (Phi) is 45.0. The number of unbranched alkanes of at least 4 members (excludes halogenated alkanes) is 16. The monoisotopic (exact) mass is 1630 g/mol. The molecule has 8 rings (SSSR count). The van der Waals surface area contributed by atoms with Crippen LogP contribution in [0.25, 0.3) is 11.0 Å². The molecule has 0 aliphatic heterocycles. The van der Waals surface area contributed by atoms with E-state index in [1.807, 2.05) is 62.6 Å². The zero-order valence-electron chi connectivity index (χ0n) is 67.1. The third-order valence-corrected chi connectivity index (χ3v) is 22.8. The lowest BCUT2D eigenvalue weighted by atomic mass is 9.88. The molecule has 6 unspecified atom stereocenters. The number of hydrazine groups is 1. The number of aromatic amines is 2. The first-order chi connectivity index (χ1) is 54.0. The molecule has 0 saturated carbocycles. The highest BCUT2D eigenvalue weighted by molar-refractivity contribution is 8.01. The minimum Gasteiger partial charge on any atom is -0.508 e. The van der Waals surface area contributed by atoms with Crippen LogP contribution < -0.4 is 40.5 Å². The molecule has 2 heterocycles. The van der Waals surface area contributed by atoms with Crippen molar-refractivity contribution >= 4 is 110 Å². The summed E-state index contributed by atoms with van der Waals surface area (Å²) in [6.07, 6.45) is 31.9. The summed E-state index contributed by atoms with van der Waals surface area (Å²) in [5.41, 5.74) is 10.8. The quantitative estimate of drug-likeness (QED) is 0.00554. The van der Waals surface area contributed by atoms with E-state index in [0.29, 0.717) is 54.2 Å². The lowest BCUT2D eigenvalue weighted by Gasteiger charge is -2.20. The van der Waals surface area contributed by atoms with Crippen molar-refractivity contribution in [1.82, 2.24) is 25.7 Å². The minimum absolute atomic E-state index is 0.0420. The zero-order valence-corrected chi connectivity index (χ0v) is 71.2. The highest BCUT2D eigenvalue weighted by atomic mass is 32.2. The smallest absolute Gasteiger partial charge is 0.279 e. The van der Waals surface area contributed by atoms with Gasteiger partial charge in [0.1, 0.15) is 46.0 Å². The second kappa shape index (κ2) is 53.6. The van der Waals surface area contributed by atoms with Gasteiger partial charge in [-0.05, 0) is 191 Å². The van der Waals surface area contributed by atoms with Crippen LogP contribution in [0.3, 0.4) is 0 Å². The fourth-order valence-electron chi connectivity index (χ4n) is 11.6. The van der Waals surface area contributed by atoms with E-state index < -0.39 is 17.2 Å². The SMILES string of the molecule is CCCCC(C)C(=O)Nc1ccc2[nH]c(=S)[nH]c2c1.CCCCCCCCC(CCCCCC)Cc1cc(O)ccc1O.CCCCCCCCCCC(Oc1ccc(S(=O)Oc2ccc(O)cc2)cc1)C(=O)NNc1ccc(OC(C)CC)cc1.CNC(=O)Cc1csc(Sc2cc(O)c(NC(=O)C(C)SC)cc2O)n1. The number of phenols is 5. The number of fused-ring (bicyclic) bond motifs is 1. The molecule has 0 fully saturated rings. The van der Waals surface area contributed by atoms with Gasteiger partial charge < -0.3 is 65.1 Å². The van der Waals surface area contributed by atoms with E-state index in [-0.39, 0.29) is 76.0 Å². The lowest BCUT2D eigenvalue weighted by Crippen LogP contribution is -2.41. The van der Waals surface area contributed by atoms with Gasteiger partial charge in [-0.25, -0.2) is 9.19 Å². The van der Waals surface area contributed by atoms with Crippen LogP contribution in [0.4, 0.5) is 17.1 Å². The van der Waals surface area contributed by atoms with Gasteiger partial charge in [-0.1, -0.05) is 188 Å². The van der Waals surface area contributed by atoms with E-state index in [0.717, 1.165) is 85.1 Å². The number of carbonyl (C=O) groups excluding carboxylic acids is 4.